The van der Waals surface area contributed by atoms with Gasteiger partial charge in [-0.25, -0.2) is 0 Å². The second kappa shape index (κ2) is 7.79. The molecular formula is C19H28N2O3. The zero-order valence-electron chi connectivity index (χ0n) is 14.8. The van der Waals surface area contributed by atoms with E-state index in [-0.39, 0.29) is 30.4 Å². The van der Waals surface area contributed by atoms with Gasteiger partial charge in [-0.2, -0.15) is 0 Å². The summed E-state index contributed by atoms with van der Waals surface area (Å²) in [5.41, 5.74) is 0.642. The van der Waals surface area contributed by atoms with Gasteiger partial charge in [-0.3, -0.25) is 9.59 Å². The summed E-state index contributed by atoms with van der Waals surface area (Å²) in [4.78, 5) is 24.6. The van der Waals surface area contributed by atoms with E-state index in [9.17, 15) is 14.7 Å². The standard InChI is InChI=1S/C19H28N2O3/c1-19(2,3)18(24)20-15-9-6-8-13(11-15)17(23)21-16-10-5-4-7-14(16)12-22/h6,8-9,11,14,16,22H,4-5,7,10,12H2,1-3H3,(H,20,24)(H,21,23). The zero-order chi connectivity index (χ0) is 17.7. The van der Waals surface area contributed by atoms with E-state index in [1.807, 2.05) is 20.8 Å². The van der Waals surface area contributed by atoms with Crippen LogP contribution in [0.25, 0.3) is 0 Å². The van der Waals surface area contributed by atoms with Gasteiger partial charge >= 0.3 is 0 Å². The molecule has 2 atom stereocenters. The topological polar surface area (TPSA) is 78.4 Å². The van der Waals surface area contributed by atoms with E-state index in [0.717, 1.165) is 25.7 Å². The van der Waals surface area contributed by atoms with Crippen LogP contribution in [0.5, 0.6) is 0 Å². The summed E-state index contributed by atoms with van der Waals surface area (Å²) in [7, 11) is 0. The molecule has 2 unspecified atom stereocenters. The van der Waals surface area contributed by atoms with Gasteiger partial charge in [-0.15, -0.1) is 0 Å². The lowest BCUT2D eigenvalue weighted by Crippen LogP contribution is -2.43. The molecule has 1 saturated carbocycles. The fourth-order valence-corrected chi connectivity index (χ4v) is 2.92. The molecule has 0 heterocycles. The van der Waals surface area contributed by atoms with Crippen LogP contribution >= 0.6 is 0 Å². The summed E-state index contributed by atoms with van der Waals surface area (Å²) in [5.74, 6) is -0.119. The smallest absolute Gasteiger partial charge is 0.251 e. The summed E-state index contributed by atoms with van der Waals surface area (Å²) in [6.07, 6.45) is 4.02. The number of carbonyl (C=O) groups is 2. The first-order valence-electron chi connectivity index (χ1n) is 8.64. The quantitative estimate of drug-likeness (QED) is 0.793. The van der Waals surface area contributed by atoms with Gasteiger partial charge in [0.15, 0.2) is 0 Å². The molecule has 0 bridgehead atoms. The Morgan fingerprint density at radius 3 is 2.58 bits per heavy atom. The van der Waals surface area contributed by atoms with Gasteiger partial charge in [0.05, 0.1) is 0 Å². The number of amides is 2. The maximum atomic E-state index is 12.5. The SMILES string of the molecule is CC(C)(C)C(=O)Nc1cccc(C(=O)NC2CCCCC2CO)c1. The van der Waals surface area contributed by atoms with Crippen molar-refractivity contribution in [2.24, 2.45) is 11.3 Å². The lowest BCUT2D eigenvalue weighted by atomic mass is 9.85. The molecule has 1 aliphatic carbocycles. The Bertz CT molecular complexity index is 593. The molecule has 1 fully saturated rings. The number of aliphatic hydroxyl groups excluding tert-OH is 1. The van der Waals surface area contributed by atoms with E-state index in [4.69, 9.17) is 0 Å². The van der Waals surface area contributed by atoms with Crippen molar-refractivity contribution in [3.63, 3.8) is 0 Å². The van der Waals surface area contributed by atoms with Crippen molar-refractivity contribution < 1.29 is 14.7 Å². The van der Waals surface area contributed by atoms with Gasteiger partial charge in [-0.05, 0) is 31.0 Å². The second-order valence-electron chi connectivity index (χ2n) is 7.59. The average Bonchev–Trinajstić information content (AvgIpc) is 2.54. The molecule has 0 aliphatic heterocycles. The minimum absolute atomic E-state index is 0.0177. The molecule has 3 N–H and O–H groups in total. The van der Waals surface area contributed by atoms with E-state index in [2.05, 4.69) is 10.6 Å². The Hall–Kier alpha value is -1.88. The highest BCUT2D eigenvalue weighted by molar-refractivity contribution is 5.98. The number of hydrogen-bond acceptors (Lipinski definition) is 3. The zero-order valence-corrected chi connectivity index (χ0v) is 14.8. The predicted octanol–water partition coefficient (Wildman–Crippen LogP) is 2.95. The molecule has 5 heteroatoms. The number of benzene rings is 1. The maximum Gasteiger partial charge on any atom is 0.251 e. The van der Waals surface area contributed by atoms with E-state index in [0.29, 0.717) is 11.3 Å². The highest BCUT2D eigenvalue weighted by Crippen LogP contribution is 2.24. The average molecular weight is 332 g/mol. The summed E-state index contributed by atoms with van der Waals surface area (Å²) >= 11 is 0. The van der Waals surface area contributed by atoms with Crippen LogP contribution in [0.3, 0.4) is 0 Å². The number of nitrogens with one attached hydrogen (secondary N) is 2. The van der Waals surface area contributed by atoms with Crippen LogP contribution in [-0.4, -0.2) is 29.6 Å². The lowest BCUT2D eigenvalue weighted by Gasteiger charge is -2.30. The van der Waals surface area contributed by atoms with Gasteiger partial charge in [-0.1, -0.05) is 39.7 Å². The highest BCUT2D eigenvalue weighted by Gasteiger charge is 2.26. The third-order valence-corrected chi connectivity index (χ3v) is 4.52. The first-order chi connectivity index (χ1) is 11.3. The van der Waals surface area contributed by atoms with E-state index >= 15 is 0 Å². The Morgan fingerprint density at radius 1 is 1.21 bits per heavy atom. The van der Waals surface area contributed by atoms with Crippen molar-refractivity contribution in [1.82, 2.24) is 5.32 Å². The molecule has 132 valence electrons. The third kappa shape index (κ3) is 4.81. The van der Waals surface area contributed by atoms with Crippen molar-refractivity contribution in [3.05, 3.63) is 29.8 Å². The molecule has 2 amide bonds. The van der Waals surface area contributed by atoms with E-state index in [1.165, 1.54) is 0 Å². The van der Waals surface area contributed by atoms with Gasteiger partial charge < -0.3 is 15.7 Å². The summed E-state index contributed by atoms with van der Waals surface area (Å²) in [6, 6.07) is 6.98. The second-order valence-corrected chi connectivity index (χ2v) is 7.59. The van der Waals surface area contributed by atoms with Crippen molar-refractivity contribution in [2.75, 3.05) is 11.9 Å². The number of aliphatic hydroxyl groups is 1. The Morgan fingerprint density at radius 2 is 1.92 bits per heavy atom. The summed E-state index contributed by atoms with van der Waals surface area (Å²) < 4.78 is 0. The van der Waals surface area contributed by atoms with Crippen molar-refractivity contribution in [1.29, 1.82) is 0 Å². The molecule has 5 nitrogen and oxygen atoms in total. The minimum Gasteiger partial charge on any atom is -0.396 e. The largest absolute Gasteiger partial charge is 0.396 e. The number of rotatable bonds is 4. The molecule has 1 aromatic carbocycles. The van der Waals surface area contributed by atoms with Gasteiger partial charge in [0, 0.05) is 35.2 Å². The van der Waals surface area contributed by atoms with Crippen molar-refractivity contribution >= 4 is 17.5 Å². The molecule has 1 aromatic rings. The van der Waals surface area contributed by atoms with Crippen molar-refractivity contribution in [2.45, 2.75) is 52.5 Å². The van der Waals surface area contributed by atoms with Crippen LogP contribution in [0.1, 0.15) is 56.8 Å². The monoisotopic (exact) mass is 332 g/mol. The Labute approximate surface area is 143 Å². The predicted molar refractivity (Wildman–Crippen MR) is 94.8 cm³/mol. The maximum absolute atomic E-state index is 12.5. The molecule has 0 radical (unpaired) electrons. The molecule has 0 aromatic heterocycles. The van der Waals surface area contributed by atoms with Crippen molar-refractivity contribution in [3.8, 4) is 0 Å². The van der Waals surface area contributed by atoms with Crippen LogP contribution in [-0.2, 0) is 4.79 Å². The van der Waals surface area contributed by atoms with Crippen LogP contribution in [0.4, 0.5) is 5.69 Å². The first-order valence-corrected chi connectivity index (χ1v) is 8.64. The van der Waals surface area contributed by atoms with E-state index in [1.54, 1.807) is 24.3 Å². The van der Waals surface area contributed by atoms with Crippen LogP contribution in [0, 0.1) is 11.3 Å². The summed E-state index contributed by atoms with van der Waals surface area (Å²) in [5, 5.41) is 15.3. The highest BCUT2D eigenvalue weighted by atomic mass is 16.3. The first kappa shape index (κ1) is 18.5. The normalized spacial score (nSPS) is 21.2. The van der Waals surface area contributed by atoms with Crippen LogP contribution in [0.2, 0.25) is 0 Å². The molecule has 0 saturated heterocycles. The molecular weight excluding hydrogens is 304 g/mol. The van der Waals surface area contributed by atoms with Crippen LogP contribution < -0.4 is 10.6 Å². The van der Waals surface area contributed by atoms with E-state index < -0.39 is 5.41 Å². The fourth-order valence-electron chi connectivity index (χ4n) is 2.92. The molecule has 24 heavy (non-hydrogen) atoms. The van der Waals surface area contributed by atoms with Gasteiger partial charge in [0.25, 0.3) is 5.91 Å². The number of hydrogen-bond donors (Lipinski definition) is 3. The summed E-state index contributed by atoms with van der Waals surface area (Å²) in [6.45, 7) is 5.64. The van der Waals surface area contributed by atoms with Gasteiger partial charge in [0.1, 0.15) is 0 Å². The van der Waals surface area contributed by atoms with Gasteiger partial charge in [0.2, 0.25) is 5.91 Å². The molecule has 2 rings (SSSR count). The number of carbonyl (C=O) groups excluding carboxylic acids is 2. The van der Waals surface area contributed by atoms with Crippen LogP contribution in [0.15, 0.2) is 24.3 Å². The molecule has 0 spiro atoms. The third-order valence-electron chi connectivity index (χ3n) is 4.52. The Balaban J connectivity index is 2.04. The molecule has 1 aliphatic rings. The Kier molecular flexibility index (Phi) is 5.99. The minimum atomic E-state index is -0.491. The lowest BCUT2D eigenvalue weighted by molar-refractivity contribution is -0.123. The number of anilines is 1. The fraction of sp³-hybridized carbons (Fsp3) is 0.579.